The molecule has 2 aromatic carbocycles. The Morgan fingerprint density at radius 1 is 1.03 bits per heavy atom. The van der Waals surface area contributed by atoms with E-state index in [4.69, 9.17) is 0 Å². The minimum atomic E-state index is -0.864. The Kier molecular flexibility index (Phi) is 8.19. The number of amides is 4. The third-order valence-electron chi connectivity index (χ3n) is 5.49. The predicted octanol–water partition coefficient (Wildman–Crippen LogP) is 2.36. The highest BCUT2D eigenvalue weighted by molar-refractivity contribution is 5.87. The molecule has 32 heavy (non-hydrogen) atoms. The van der Waals surface area contributed by atoms with Gasteiger partial charge in [-0.3, -0.25) is 9.59 Å². The van der Waals surface area contributed by atoms with E-state index in [1.54, 1.807) is 23.1 Å². The number of halogens is 1. The molecule has 1 fully saturated rings. The lowest BCUT2D eigenvalue weighted by molar-refractivity contribution is -0.128. The topological polar surface area (TPSA) is 90.5 Å². The molecule has 3 rings (SSSR count). The zero-order chi connectivity index (χ0) is 22.9. The van der Waals surface area contributed by atoms with Crippen LogP contribution in [0.15, 0.2) is 54.6 Å². The Morgan fingerprint density at radius 3 is 2.34 bits per heavy atom. The summed E-state index contributed by atoms with van der Waals surface area (Å²) in [5, 5.41) is 8.47. The molecule has 1 saturated heterocycles. The van der Waals surface area contributed by atoms with E-state index in [-0.39, 0.29) is 30.3 Å². The molecule has 0 bridgehead atoms. The van der Waals surface area contributed by atoms with Gasteiger partial charge < -0.3 is 20.9 Å². The Balaban J connectivity index is 1.48. The summed E-state index contributed by atoms with van der Waals surface area (Å²) in [5.41, 5.74) is 1.40. The highest BCUT2D eigenvalue weighted by Crippen LogP contribution is 2.13. The first-order valence-corrected chi connectivity index (χ1v) is 10.8. The van der Waals surface area contributed by atoms with Gasteiger partial charge in [0.05, 0.1) is 0 Å². The van der Waals surface area contributed by atoms with Crippen LogP contribution in [-0.2, 0) is 22.6 Å². The first kappa shape index (κ1) is 23.2. The van der Waals surface area contributed by atoms with E-state index in [0.717, 1.165) is 5.56 Å². The van der Waals surface area contributed by atoms with Crippen molar-refractivity contribution in [2.75, 3.05) is 13.1 Å². The first-order chi connectivity index (χ1) is 15.4. The molecule has 0 unspecified atom stereocenters. The molecule has 3 N–H and O–H groups in total. The van der Waals surface area contributed by atoms with Gasteiger partial charge in [-0.1, -0.05) is 48.5 Å². The van der Waals surface area contributed by atoms with E-state index in [0.29, 0.717) is 38.0 Å². The highest BCUT2D eigenvalue weighted by Gasteiger charge is 2.27. The number of rotatable bonds is 7. The molecule has 0 spiro atoms. The molecule has 7 nitrogen and oxygen atoms in total. The predicted molar refractivity (Wildman–Crippen MR) is 119 cm³/mol. The van der Waals surface area contributed by atoms with Crippen LogP contribution in [0.3, 0.4) is 0 Å². The van der Waals surface area contributed by atoms with Crippen LogP contribution in [0.2, 0.25) is 0 Å². The van der Waals surface area contributed by atoms with Crippen molar-refractivity contribution in [2.24, 2.45) is 0 Å². The summed E-state index contributed by atoms with van der Waals surface area (Å²) in [6.45, 7) is 2.83. The zero-order valence-electron chi connectivity index (χ0n) is 18.1. The van der Waals surface area contributed by atoms with Crippen molar-refractivity contribution >= 4 is 17.8 Å². The number of piperidine rings is 1. The van der Waals surface area contributed by atoms with Crippen LogP contribution in [0.25, 0.3) is 0 Å². The smallest absolute Gasteiger partial charge is 0.317 e. The van der Waals surface area contributed by atoms with Gasteiger partial charge in [-0.05, 0) is 30.0 Å². The number of urea groups is 1. The number of nitrogens with zero attached hydrogens (tertiary/aromatic N) is 1. The van der Waals surface area contributed by atoms with Gasteiger partial charge >= 0.3 is 6.03 Å². The monoisotopic (exact) mass is 440 g/mol. The van der Waals surface area contributed by atoms with E-state index in [1.165, 1.54) is 13.0 Å². The Labute approximate surface area is 187 Å². The first-order valence-electron chi connectivity index (χ1n) is 10.8. The van der Waals surface area contributed by atoms with Gasteiger partial charge in [0.2, 0.25) is 11.8 Å². The SMILES string of the molecule is CC(=O)N[C@@H](Cc1ccccc1F)C(=O)NC1CCN(C(=O)NCc2ccccc2)CC1. The summed E-state index contributed by atoms with van der Waals surface area (Å²) in [7, 11) is 0. The molecule has 8 heteroatoms. The van der Waals surface area contributed by atoms with Gasteiger partial charge in [-0.25, -0.2) is 9.18 Å². The molecule has 1 atom stereocenters. The van der Waals surface area contributed by atoms with Gasteiger partial charge in [0, 0.05) is 39.0 Å². The summed E-state index contributed by atoms with van der Waals surface area (Å²) in [6.07, 6.45) is 1.28. The van der Waals surface area contributed by atoms with E-state index in [9.17, 15) is 18.8 Å². The average molecular weight is 441 g/mol. The number of carbonyl (C=O) groups is 3. The third-order valence-corrected chi connectivity index (χ3v) is 5.49. The maximum Gasteiger partial charge on any atom is 0.317 e. The van der Waals surface area contributed by atoms with Gasteiger partial charge in [0.25, 0.3) is 0 Å². The minimum Gasteiger partial charge on any atom is -0.351 e. The normalized spacial score (nSPS) is 15.0. The van der Waals surface area contributed by atoms with Crippen molar-refractivity contribution in [3.8, 4) is 0 Å². The fourth-order valence-corrected chi connectivity index (χ4v) is 3.75. The van der Waals surface area contributed by atoms with Crippen LogP contribution in [0, 0.1) is 5.82 Å². The van der Waals surface area contributed by atoms with Gasteiger partial charge in [0.1, 0.15) is 11.9 Å². The lowest BCUT2D eigenvalue weighted by Gasteiger charge is -2.33. The third kappa shape index (κ3) is 6.80. The lowest BCUT2D eigenvalue weighted by atomic mass is 10.0. The average Bonchev–Trinajstić information content (AvgIpc) is 2.79. The molecule has 0 aliphatic carbocycles. The number of benzene rings is 2. The van der Waals surface area contributed by atoms with Gasteiger partial charge in [-0.15, -0.1) is 0 Å². The van der Waals surface area contributed by atoms with Crippen LogP contribution in [0.4, 0.5) is 9.18 Å². The highest BCUT2D eigenvalue weighted by atomic mass is 19.1. The van der Waals surface area contributed by atoms with Crippen LogP contribution >= 0.6 is 0 Å². The maximum atomic E-state index is 14.0. The van der Waals surface area contributed by atoms with E-state index in [1.807, 2.05) is 30.3 Å². The Hall–Kier alpha value is -3.42. The van der Waals surface area contributed by atoms with Crippen molar-refractivity contribution in [2.45, 2.75) is 44.8 Å². The van der Waals surface area contributed by atoms with Crippen LogP contribution in [0.1, 0.15) is 30.9 Å². The lowest BCUT2D eigenvalue weighted by Crippen LogP contribution is -2.54. The summed E-state index contributed by atoms with van der Waals surface area (Å²) in [4.78, 5) is 38.5. The van der Waals surface area contributed by atoms with Crippen molar-refractivity contribution in [3.05, 3.63) is 71.5 Å². The number of nitrogens with one attached hydrogen (secondary N) is 3. The molecule has 1 aliphatic heterocycles. The maximum absolute atomic E-state index is 14.0. The molecule has 4 amide bonds. The van der Waals surface area contributed by atoms with Gasteiger partial charge in [0.15, 0.2) is 0 Å². The van der Waals surface area contributed by atoms with Crippen molar-refractivity contribution < 1.29 is 18.8 Å². The largest absolute Gasteiger partial charge is 0.351 e. The second kappa shape index (κ2) is 11.3. The summed E-state index contributed by atoms with van der Waals surface area (Å²) >= 11 is 0. The van der Waals surface area contributed by atoms with Crippen molar-refractivity contribution in [3.63, 3.8) is 0 Å². The molecule has 1 heterocycles. The Morgan fingerprint density at radius 2 is 1.69 bits per heavy atom. The molecule has 1 aliphatic rings. The molecular formula is C24H29FN4O3. The summed E-state index contributed by atoms with van der Waals surface area (Å²) in [5.74, 6) is -1.12. The van der Waals surface area contributed by atoms with Crippen molar-refractivity contribution in [1.29, 1.82) is 0 Å². The van der Waals surface area contributed by atoms with Crippen LogP contribution < -0.4 is 16.0 Å². The quantitative estimate of drug-likeness (QED) is 0.617. The number of likely N-dealkylation sites (tertiary alicyclic amines) is 1. The Bertz CT molecular complexity index is 930. The molecular weight excluding hydrogens is 411 g/mol. The van der Waals surface area contributed by atoms with E-state index in [2.05, 4.69) is 16.0 Å². The molecule has 2 aromatic rings. The number of hydrogen-bond donors (Lipinski definition) is 3. The number of carbonyl (C=O) groups excluding carboxylic acids is 3. The molecule has 170 valence electrons. The minimum absolute atomic E-state index is 0.0683. The molecule has 0 saturated carbocycles. The van der Waals surface area contributed by atoms with Gasteiger partial charge in [-0.2, -0.15) is 0 Å². The summed E-state index contributed by atoms with van der Waals surface area (Å²) in [6, 6.07) is 14.8. The summed E-state index contributed by atoms with van der Waals surface area (Å²) < 4.78 is 14.0. The second-order valence-electron chi connectivity index (χ2n) is 7.96. The zero-order valence-corrected chi connectivity index (χ0v) is 18.1. The van der Waals surface area contributed by atoms with Crippen LogP contribution in [-0.4, -0.2) is 47.9 Å². The number of hydrogen-bond acceptors (Lipinski definition) is 3. The standard InChI is InChI=1S/C24H29FN4O3/c1-17(30)27-22(15-19-9-5-6-10-21(19)25)23(31)28-20-11-13-29(14-12-20)24(32)26-16-18-7-3-2-4-8-18/h2-10,20,22H,11-16H2,1H3,(H,26,32)(H,27,30)(H,28,31)/t22-/m0/s1. The van der Waals surface area contributed by atoms with E-state index < -0.39 is 11.9 Å². The molecule has 0 radical (unpaired) electrons. The van der Waals surface area contributed by atoms with Crippen LogP contribution in [0.5, 0.6) is 0 Å². The fourth-order valence-electron chi connectivity index (χ4n) is 3.75. The fraction of sp³-hybridized carbons (Fsp3) is 0.375. The van der Waals surface area contributed by atoms with Crippen molar-refractivity contribution in [1.82, 2.24) is 20.9 Å². The second-order valence-corrected chi connectivity index (χ2v) is 7.96. The molecule has 0 aromatic heterocycles. The van der Waals surface area contributed by atoms with E-state index >= 15 is 0 Å².